The summed E-state index contributed by atoms with van der Waals surface area (Å²) in [5, 5.41) is 6.83. The first kappa shape index (κ1) is 12.4. The molecule has 96 valence electrons. The van der Waals surface area contributed by atoms with Crippen molar-refractivity contribution in [2.45, 2.75) is 19.9 Å². The molecular weight excluding hydrogens is 232 g/mol. The summed E-state index contributed by atoms with van der Waals surface area (Å²) in [6.45, 7) is 2.29. The zero-order chi connectivity index (χ0) is 13.1. The van der Waals surface area contributed by atoms with Crippen LogP contribution in [-0.4, -0.2) is 15.7 Å². The Kier molecular flexibility index (Phi) is 3.47. The van der Waals surface area contributed by atoms with E-state index in [-0.39, 0.29) is 11.7 Å². The van der Waals surface area contributed by atoms with Crippen LogP contribution in [0.1, 0.15) is 28.8 Å². The van der Waals surface area contributed by atoms with Crippen LogP contribution >= 0.6 is 0 Å². The number of nitrogens with two attached hydrogens (primary N) is 1. The molecule has 0 aliphatic carbocycles. The molecule has 2 aromatic rings. The van der Waals surface area contributed by atoms with Crippen LogP contribution in [-0.2, 0) is 20.0 Å². The standard InChI is InChI=1S/C12H16N4O2/c1-3-9-4-5-10(18-9)12(17)14-11-8(6-13)7-16(2)15-11/h4-5,7H,3,6,13H2,1-2H3,(H,14,15,17). The van der Waals surface area contributed by atoms with Crippen molar-refractivity contribution in [2.75, 3.05) is 5.32 Å². The molecule has 2 rings (SSSR count). The third-order valence-corrected chi connectivity index (χ3v) is 2.59. The van der Waals surface area contributed by atoms with Crippen LogP contribution in [0.2, 0.25) is 0 Å². The van der Waals surface area contributed by atoms with Crippen LogP contribution in [0.3, 0.4) is 0 Å². The van der Waals surface area contributed by atoms with Crippen molar-refractivity contribution in [3.63, 3.8) is 0 Å². The fourth-order valence-electron chi connectivity index (χ4n) is 1.65. The Labute approximate surface area is 105 Å². The molecule has 6 heteroatoms. The molecule has 0 radical (unpaired) electrons. The fourth-order valence-corrected chi connectivity index (χ4v) is 1.65. The van der Waals surface area contributed by atoms with Gasteiger partial charge in [0.15, 0.2) is 11.6 Å². The highest BCUT2D eigenvalue weighted by Gasteiger charge is 2.14. The monoisotopic (exact) mass is 248 g/mol. The van der Waals surface area contributed by atoms with E-state index >= 15 is 0 Å². The molecule has 0 spiro atoms. The third kappa shape index (κ3) is 2.43. The second-order valence-electron chi connectivity index (χ2n) is 3.95. The lowest BCUT2D eigenvalue weighted by atomic mass is 10.3. The number of hydrogen-bond acceptors (Lipinski definition) is 4. The fraction of sp³-hybridized carbons (Fsp3) is 0.333. The van der Waals surface area contributed by atoms with Gasteiger partial charge in [-0.2, -0.15) is 5.10 Å². The van der Waals surface area contributed by atoms with E-state index in [1.165, 1.54) is 0 Å². The minimum absolute atomic E-state index is 0.278. The minimum Gasteiger partial charge on any atom is -0.456 e. The topological polar surface area (TPSA) is 86.1 Å². The zero-order valence-corrected chi connectivity index (χ0v) is 10.4. The number of anilines is 1. The predicted octanol–water partition coefficient (Wildman–Crippen LogP) is 1.29. The Morgan fingerprint density at radius 2 is 2.33 bits per heavy atom. The molecule has 0 aromatic carbocycles. The highest BCUT2D eigenvalue weighted by molar-refractivity contribution is 6.02. The lowest BCUT2D eigenvalue weighted by Crippen LogP contribution is -2.13. The number of nitrogens with zero attached hydrogens (tertiary/aromatic N) is 2. The van der Waals surface area contributed by atoms with Gasteiger partial charge in [-0.1, -0.05) is 6.92 Å². The van der Waals surface area contributed by atoms with Crippen LogP contribution in [0.4, 0.5) is 5.82 Å². The number of nitrogens with one attached hydrogen (secondary N) is 1. The maximum Gasteiger partial charge on any atom is 0.292 e. The van der Waals surface area contributed by atoms with E-state index in [0.717, 1.165) is 17.7 Å². The summed E-state index contributed by atoms with van der Waals surface area (Å²) in [5.41, 5.74) is 6.36. The number of carbonyl (C=O) groups is 1. The number of amides is 1. The molecule has 0 saturated heterocycles. The van der Waals surface area contributed by atoms with E-state index in [1.54, 1.807) is 30.1 Å². The summed E-state index contributed by atoms with van der Waals surface area (Å²) in [6, 6.07) is 3.44. The number of carbonyl (C=O) groups excluding carboxylic acids is 1. The largest absolute Gasteiger partial charge is 0.456 e. The van der Waals surface area contributed by atoms with E-state index in [2.05, 4.69) is 10.4 Å². The van der Waals surface area contributed by atoms with Crippen molar-refractivity contribution in [3.05, 3.63) is 35.4 Å². The zero-order valence-electron chi connectivity index (χ0n) is 10.4. The molecule has 1 amide bonds. The van der Waals surface area contributed by atoms with E-state index < -0.39 is 0 Å². The quantitative estimate of drug-likeness (QED) is 0.853. The number of rotatable bonds is 4. The minimum atomic E-state index is -0.317. The second kappa shape index (κ2) is 5.05. The summed E-state index contributed by atoms with van der Waals surface area (Å²) < 4.78 is 6.98. The summed E-state index contributed by atoms with van der Waals surface area (Å²) in [7, 11) is 1.77. The summed E-state index contributed by atoms with van der Waals surface area (Å²) in [6.07, 6.45) is 2.53. The van der Waals surface area contributed by atoms with Gasteiger partial charge in [0, 0.05) is 31.8 Å². The first-order valence-corrected chi connectivity index (χ1v) is 5.76. The molecule has 0 fully saturated rings. The summed E-state index contributed by atoms with van der Waals surface area (Å²) >= 11 is 0. The van der Waals surface area contributed by atoms with Gasteiger partial charge in [-0.05, 0) is 12.1 Å². The number of hydrogen-bond donors (Lipinski definition) is 2. The van der Waals surface area contributed by atoms with Gasteiger partial charge in [-0.25, -0.2) is 0 Å². The van der Waals surface area contributed by atoms with Crippen molar-refractivity contribution in [3.8, 4) is 0 Å². The van der Waals surface area contributed by atoms with E-state index in [9.17, 15) is 4.79 Å². The normalized spacial score (nSPS) is 10.6. The summed E-state index contributed by atoms with van der Waals surface area (Å²) in [4.78, 5) is 11.9. The molecule has 6 nitrogen and oxygen atoms in total. The highest BCUT2D eigenvalue weighted by atomic mass is 16.3. The van der Waals surface area contributed by atoms with E-state index in [4.69, 9.17) is 10.2 Å². The maximum atomic E-state index is 11.9. The van der Waals surface area contributed by atoms with Crippen molar-refractivity contribution in [1.82, 2.24) is 9.78 Å². The van der Waals surface area contributed by atoms with Crippen LogP contribution < -0.4 is 11.1 Å². The first-order valence-electron chi connectivity index (χ1n) is 5.76. The Hall–Kier alpha value is -2.08. The average Bonchev–Trinajstić information content (AvgIpc) is 2.95. The third-order valence-electron chi connectivity index (χ3n) is 2.59. The maximum absolute atomic E-state index is 11.9. The molecule has 0 saturated carbocycles. The van der Waals surface area contributed by atoms with Gasteiger partial charge >= 0.3 is 0 Å². The molecule has 0 bridgehead atoms. The van der Waals surface area contributed by atoms with Crippen molar-refractivity contribution < 1.29 is 9.21 Å². The molecule has 0 unspecified atom stereocenters. The van der Waals surface area contributed by atoms with Gasteiger partial charge < -0.3 is 15.5 Å². The molecule has 0 aliphatic heterocycles. The SMILES string of the molecule is CCc1ccc(C(=O)Nc2nn(C)cc2CN)o1. The Balaban J connectivity index is 2.15. The summed E-state index contributed by atoms with van der Waals surface area (Å²) in [5.74, 6) is 1.21. The van der Waals surface area contributed by atoms with Gasteiger partial charge in [0.25, 0.3) is 5.91 Å². The van der Waals surface area contributed by atoms with Crippen molar-refractivity contribution in [2.24, 2.45) is 12.8 Å². The molecule has 2 heterocycles. The number of aromatic nitrogens is 2. The van der Waals surface area contributed by atoms with Crippen molar-refractivity contribution in [1.29, 1.82) is 0 Å². The number of furan rings is 1. The van der Waals surface area contributed by atoms with Gasteiger partial charge in [-0.3, -0.25) is 9.48 Å². The van der Waals surface area contributed by atoms with Gasteiger partial charge in [0.2, 0.25) is 0 Å². The predicted molar refractivity (Wildman–Crippen MR) is 67.1 cm³/mol. The van der Waals surface area contributed by atoms with Crippen LogP contribution in [0.15, 0.2) is 22.7 Å². The van der Waals surface area contributed by atoms with Crippen molar-refractivity contribution >= 4 is 11.7 Å². The van der Waals surface area contributed by atoms with Crippen LogP contribution in [0, 0.1) is 0 Å². The lowest BCUT2D eigenvalue weighted by molar-refractivity contribution is 0.0994. The van der Waals surface area contributed by atoms with Gasteiger partial charge in [0.1, 0.15) is 5.76 Å². The Morgan fingerprint density at radius 1 is 1.56 bits per heavy atom. The average molecular weight is 248 g/mol. The Morgan fingerprint density at radius 3 is 2.94 bits per heavy atom. The molecular formula is C12H16N4O2. The highest BCUT2D eigenvalue weighted by Crippen LogP contribution is 2.14. The van der Waals surface area contributed by atoms with Gasteiger partial charge in [-0.15, -0.1) is 0 Å². The second-order valence-corrected chi connectivity index (χ2v) is 3.95. The van der Waals surface area contributed by atoms with Gasteiger partial charge in [0.05, 0.1) is 0 Å². The molecule has 0 aliphatic rings. The molecule has 2 aromatic heterocycles. The van der Waals surface area contributed by atoms with E-state index in [0.29, 0.717) is 12.4 Å². The van der Waals surface area contributed by atoms with Crippen LogP contribution in [0.5, 0.6) is 0 Å². The number of aryl methyl sites for hydroxylation is 2. The smallest absolute Gasteiger partial charge is 0.292 e. The Bertz CT molecular complexity index is 556. The first-order chi connectivity index (χ1) is 8.63. The molecule has 0 atom stereocenters. The molecule has 3 N–H and O–H groups in total. The van der Waals surface area contributed by atoms with Crippen LogP contribution in [0.25, 0.3) is 0 Å². The molecule has 18 heavy (non-hydrogen) atoms. The van der Waals surface area contributed by atoms with E-state index in [1.807, 2.05) is 6.92 Å². The lowest BCUT2D eigenvalue weighted by Gasteiger charge is -2.01.